The van der Waals surface area contributed by atoms with Crippen molar-refractivity contribution in [1.29, 1.82) is 0 Å². The third-order valence-electron chi connectivity index (χ3n) is 7.50. The molecule has 1 aliphatic heterocycles. The fourth-order valence-electron chi connectivity index (χ4n) is 5.15. The van der Waals surface area contributed by atoms with Gasteiger partial charge in [0.05, 0.1) is 6.04 Å². The minimum absolute atomic E-state index is 0.0360. The fourth-order valence-corrected chi connectivity index (χ4v) is 5.15. The van der Waals surface area contributed by atoms with E-state index in [0.29, 0.717) is 5.56 Å². The van der Waals surface area contributed by atoms with Crippen molar-refractivity contribution in [2.45, 2.75) is 83.6 Å². The van der Waals surface area contributed by atoms with Gasteiger partial charge in [-0.3, -0.25) is 9.59 Å². The number of aliphatic carboxylic acids is 1. The van der Waals surface area contributed by atoms with Crippen molar-refractivity contribution in [3.63, 3.8) is 0 Å². The third-order valence-corrected chi connectivity index (χ3v) is 7.50. The van der Waals surface area contributed by atoms with Gasteiger partial charge in [0, 0.05) is 24.4 Å². The van der Waals surface area contributed by atoms with Crippen molar-refractivity contribution < 1.29 is 33.4 Å². The summed E-state index contributed by atoms with van der Waals surface area (Å²) < 4.78 is 19.2. The number of nitrogens with zero attached hydrogens (tertiary/aromatic N) is 5. The predicted octanol–water partition coefficient (Wildman–Crippen LogP) is 2.71. The lowest BCUT2D eigenvalue weighted by Gasteiger charge is -2.36. The van der Waals surface area contributed by atoms with E-state index in [-0.39, 0.29) is 25.2 Å². The highest BCUT2D eigenvalue weighted by Crippen LogP contribution is 2.45. The summed E-state index contributed by atoms with van der Waals surface area (Å²) in [5, 5.41) is 27.6. The van der Waals surface area contributed by atoms with E-state index in [0.717, 1.165) is 0 Å². The van der Waals surface area contributed by atoms with E-state index < -0.39 is 70.3 Å². The van der Waals surface area contributed by atoms with E-state index in [2.05, 4.69) is 32.6 Å². The van der Waals surface area contributed by atoms with Crippen LogP contribution in [0.4, 0.5) is 9.18 Å². The zero-order valence-corrected chi connectivity index (χ0v) is 25.1. The summed E-state index contributed by atoms with van der Waals surface area (Å²) in [7, 11) is 0. The Balaban J connectivity index is 1.65. The van der Waals surface area contributed by atoms with Crippen LogP contribution in [0.3, 0.4) is 0 Å². The first-order chi connectivity index (χ1) is 19.9. The van der Waals surface area contributed by atoms with Gasteiger partial charge in [0.15, 0.2) is 0 Å². The second-order valence-electron chi connectivity index (χ2n) is 13.1. The van der Waals surface area contributed by atoms with Gasteiger partial charge in [-0.05, 0) is 50.0 Å². The molecular weight excluding hydrogens is 561 g/mol. The summed E-state index contributed by atoms with van der Waals surface area (Å²) in [5.41, 5.74) is -2.73. The highest BCUT2D eigenvalue weighted by Gasteiger charge is 2.61. The van der Waals surface area contributed by atoms with Crippen LogP contribution in [-0.2, 0) is 19.1 Å². The van der Waals surface area contributed by atoms with Gasteiger partial charge < -0.3 is 25.4 Å². The predicted molar refractivity (Wildman–Crippen MR) is 152 cm³/mol. The van der Waals surface area contributed by atoms with Crippen molar-refractivity contribution in [2.24, 2.45) is 11.3 Å². The number of likely N-dealkylation sites (tertiary alicyclic amines) is 1. The summed E-state index contributed by atoms with van der Waals surface area (Å²) in [6.45, 7) is 14.0. The lowest BCUT2D eigenvalue weighted by molar-refractivity contribution is -0.146. The molecule has 0 spiro atoms. The van der Waals surface area contributed by atoms with Crippen LogP contribution in [0.15, 0.2) is 36.9 Å². The molecule has 2 heterocycles. The van der Waals surface area contributed by atoms with Crippen molar-refractivity contribution in [3.05, 3.63) is 42.7 Å². The zero-order chi connectivity index (χ0) is 31.9. The lowest BCUT2D eigenvalue weighted by atomic mass is 9.85. The number of hydrogen-bond donors (Lipinski definition) is 3. The van der Waals surface area contributed by atoms with Crippen molar-refractivity contribution >= 4 is 23.9 Å². The molecule has 1 saturated carbocycles. The van der Waals surface area contributed by atoms with Gasteiger partial charge in [-0.15, -0.1) is 16.8 Å². The van der Waals surface area contributed by atoms with Crippen LogP contribution in [-0.4, -0.2) is 83.9 Å². The summed E-state index contributed by atoms with van der Waals surface area (Å²) in [4.78, 5) is 55.2. The topological polar surface area (TPSA) is 169 Å². The molecule has 13 nitrogen and oxygen atoms in total. The molecule has 2 aliphatic rings. The molecule has 2 aromatic rings. The van der Waals surface area contributed by atoms with Crippen LogP contribution >= 0.6 is 0 Å². The second-order valence-corrected chi connectivity index (χ2v) is 13.1. The molecule has 1 saturated heterocycles. The van der Waals surface area contributed by atoms with Crippen molar-refractivity contribution in [2.75, 3.05) is 6.54 Å². The van der Waals surface area contributed by atoms with Gasteiger partial charge in [0.1, 0.15) is 29.0 Å². The van der Waals surface area contributed by atoms with Crippen LogP contribution in [0.25, 0.3) is 11.4 Å². The minimum Gasteiger partial charge on any atom is -0.479 e. The molecule has 1 aromatic heterocycles. The molecule has 43 heavy (non-hydrogen) atoms. The molecule has 5 unspecified atom stereocenters. The molecule has 232 valence electrons. The van der Waals surface area contributed by atoms with Crippen molar-refractivity contribution in [3.8, 4) is 11.4 Å². The first-order valence-corrected chi connectivity index (χ1v) is 14.0. The van der Waals surface area contributed by atoms with Crippen LogP contribution in [0.5, 0.6) is 0 Å². The molecule has 3 N–H and O–H groups in total. The number of nitrogens with one attached hydrogen (secondary N) is 2. The number of alkyl carbamates (subject to hydrolysis) is 1. The number of carbonyl (C=O) groups excluding carboxylic acids is 3. The van der Waals surface area contributed by atoms with Gasteiger partial charge >= 0.3 is 12.1 Å². The molecular formula is C29H38FN7O6. The molecule has 3 amide bonds. The number of carboxylic acid groups (broad SMARTS) is 1. The fraction of sp³-hybridized carbons (Fsp3) is 0.552. The highest BCUT2D eigenvalue weighted by atomic mass is 19.1. The monoisotopic (exact) mass is 599 g/mol. The first kappa shape index (κ1) is 31.6. The van der Waals surface area contributed by atoms with Crippen molar-refractivity contribution in [1.82, 2.24) is 35.7 Å². The Morgan fingerprint density at radius 1 is 1.21 bits per heavy atom. The number of aromatic nitrogens is 4. The van der Waals surface area contributed by atoms with Gasteiger partial charge in [-0.2, -0.15) is 4.80 Å². The maximum atomic E-state index is 14.1. The first-order valence-electron chi connectivity index (χ1n) is 14.0. The Kier molecular flexibility index (Phi) is 8.35. The maximum absolute atomic E-state index is 14.1. The maximum Gasteiger partial charge on any atom is 0.408 e. The molecule has 1 aliphatic carbocycles. The number of ether oxygens (including phenoxy) is 1. The van der Waals surface area contributed by atoms with Gasteiger partial charge in [0.25, 0.3) is 0 Å². The molecule has 14 heteroatoms. The Morgan fingerprint density at radius 2 is 1.91 bits per heavy atom. The number of rotatable bonds is 8. The number of carbonyl (C=O) groups is 4. The Bertz CT molecular complexity index is 1430. The van der Waals surface area contributed by atoms with E-state index in [1.807, 2.05) is 0 Å². The number of tetrazole rings is 1. The average Bonchev–Trinajstić information content (AvgIpc) is 3.22. The van der Waals surface area contributed by atoms with Crippen LogP contribution in [0.2, 0.25) is 0 Å². The molecule has 0 radical (unpaired) electrons. The zero-order valence-electron chi connectivity index (χ0n) is 25.1. The Hall–Kier alpha value is -4.36. The SMILES string of the molecule is C=CC1CC1(NC(=O)C1CC(n2nnc(-c3cccc(F)c3)n2)CN1C(=O)C(NC(=O)OC(C)(C)C)C(C)(C)C)C(=O)O. The number of halogens is 1. The number of carboxylic acids is 1. The molecule has 2 fully saturated rings. The summed E-state index contributed by atoms with van der Waals surface area (Å²) >= 11 is 0. The minimum atomic E-state index is -1.51. The van der Waals surface area contributed by atoms with Gasteiger partial charge in [0.2, 0.25) is 17.6 Å². The largest absolute Gasteiger partial charge is 0.479 e. The van der Waals surface area contributed by atoms with E-state index in [1.165, 1.54) is 34.0 Å². The van der Waals surface area contributed by atoms with Crippen LogP contribution in [0.1, 0.15) is 60.4 Å². The molecule has 5 atom stereocenters. The lowest BCUT2D eigenvalue weighted by Crippen LogP contribution is -2.59. The normalized spacial score (nSPS) is 24.2. The van der Waals surface area contributed by atoms with Gasteiger partial charge in [-0.25, -0.2) is 14.0 Å². The van der Waals surface area contributed by atoms with Crippen LogP contribution < -0.4 is 10.6 Å². The summed E-state index contributed by atoms with van der Waals surface area (Å²) in [5.74, 6) is -3.21. The molecule has 1 aromatic carbocycles. The third kappa shape index (κ3) is 6.83. The second kappa shape index (κ2) is 11.4. The quantitative estimate of drug-likeness (QED) is 0.386. The summed E-state index contributed by atoms with van der Waals surface area (Å²) in [6.07, 6.45) is 0.886. The van der Waals surface area contributed by atoms with E-state index in [4.69, 9.17) is 4.74 Å². The smallest absolute Gasteiger partial charge is 0.408 e. The van der Waals surface area contributed by atoms with Crippen LogP contribution in [0, 0.1) is 17.2 Å². The Morgan fingerprint density at radius 3 is 2.47 bits per heavy atom. The number of benzene rings is 1. The van der Waals surface area contributed by atoms with E-state index in [9.17, 15) is 28.7 Å². The standard InChI is InChI=1S/C29H38FN7O6/c1-8-17-14-29(17,25(40)41)32-23(38)20-13-19(37-34-22(33-35-37)16-10-9-11-18(30)12-16)15-36(20)24(39)21(27(2,3)4)31-26(42)43-28(5,6)7/h8-12,17,19-21H,1,13-15H2,2-7H3,(H,31,42)(H,32,38)(H,40,41). The average molecular weight is 600 g/mol. The summed E-state index contributed by atoms with van der Waals surface area (Å²) in [6, 6.07) is 2.83. The van der Waals surface area contributed by atoms with E-state index in [1.54, 1.807) is 47.6 Å². The number of amides is 3. The molecule has 4 rings (SSSR count). The highest BCUT2D eigenvalue weighted by molar-refractivity contribution is 5.96. The van der Waals surface area contributed by atoms with Gasteiger partial charge in [-0.1, -0.05) is 39.0 Å². The van der Waals surface area contributed by atoms with E-state index >= 15 is 0 Å². The Labute approximate surface area is 248 Å². The molecule has 0 bridgehead atoms. The number of hydrogen-bond acceptors (Lipinski definition) is 8.